The zero-order valence-corrected chi connectivity index (χ0v) is 8.11. The van der Waals surface area contributed by atoms with Crippen LogP contribution in [-0.2, 0) is 4.79 Å². The predicted molar refractivity (Wildman–Crippen MR) is 52.3 cm³/mol. The molecule has 0 unspecified atom stereocenters. The molecule has 0 radical (unpaired) electrons. The van der Waals surface area contributed by atoms with Gasteiger partial charge < -0.3 is 5.32 Å². The first-order valence-corrected chi connectivity index (χ1v) is 4.18. The summed E-state index contributed by atoms with van der Waals surface area (Å²) in [5.41, 5.74) is 0.611. The summed E-state index contributed by atoms with van der Waals surface area (Å²) < 4.78 is 0. The normalized spacial score (nSPS) is 8.27. The second kappa shape index (κ2) is 5.36. The molecule has 0 aliphatic heterocycles. The highest BCUT2D eigenvalue weighted by atomic mass is 16.1. The van der Waals surface area contributed by atoms with Gasteiger partial charge in [-0.3, -0.25) is 4.79 Å². The SMILES string of the molecule is CC(=O)NCC#Cc1cnc(C#N)nc1. The van der Waals surface area contributed by atoms with Crippen LogP contribution in [0.3, 0.4) is 0 Å². The molecule has 0 spiro atoms. The van der Waals surface area contributed by atoms with Gasteiger partial charge in [0.1, 0.15) is 6.07 Å². The van der Waals surface area contributed by atoms with Crippen molar-refractivity contribution < 1.29 is 4.79 Å². The van der Waals surface area contributed by atoms with Crippen molar-refractivity contribution in [3.8, 4) is 17.9 Å². The van der Waals surface area contributed by atoms with Crippen molar-refractivity contribution in [3.05, 3.63) is 23.8 Å². The Hall–Kier alpha value is -2.40. The molecule has 0 aliphatic carbocycles. The summed E-state index contributed by atoms with van der Waals surface area (Å²) in [5.74, 6) is 5.47. The van der Waals surface area contributed by atoms with Gasteiger partial charge in [0.25, 0.3) is 0 Å². The first-order chi connectivity index (χ1) is 7.22. The van der Waals surface area contributed by atoms with Crippen LogP contribution in [0.5, 0.6) is 0 Å². The van der Waals surface area contributed by atoms with Crippen LogP contribution in [0.4, 0.5) is 0 Å². The molecule has 0 aromatic carbocycles. The fourth-order valence-corrected chi connectivity index (χ4v) is 0.765. The molecule has 1 N–H and O–H groups in total. The molecule has 1 aromatic rings. The topological polar surface area (TPSA) is 78.7 Å². The van der Waals surface area contributed by atoms with E-state index < -0.39 is 0 Å². The number of hydrogen-bond donors (Lipinski definition) is 1. The summed E-state index contributed by atoms with van der Waals surface area (Å²) in [4.78, 5) is 18.0. The quantitative estimate of drug-likeness (QED) is 0.638. The molecule has 1 aromatic heterocycles. The number of nitriles is 1. The number of nitrogens with one attached hydrogen (secondary N) is 1. The Balaban J connectivity index is 2.57. The molecule has 1 heterocycles. The van der Waals surface area contributed by atoms with Gasteiger partial charge in [0.05, 0.1) is 12.1 Å². The van der Waals surface area contributed by atoms with Crippen molar-refractivity contribution in [2.24, 2.45) is 0 Å². The van der Waals surface area contributed by atoms with E-state index in [0.29, 0.717) is 5.56 Å². The van der Waals surface area contributed by atoms with E-state index in [0.717, 1.165) is 0 Å². The fraction of sp³-hybridized carbons (Fsp3) is 0.200. The van der Waals surface area contributed by atoms with E-state index in [1.807, 2.05) is 6.07 Å². The zero-order chi connectivity index (χ0) is 11.1. The molecule has 0 atom stereocenters. The highest BCUT2D eigenvalue weighted by Crippen LogP contribution is 1.91. The molecule has 0 saturated carbocycles. The van der Waals surface area contributed by atoms with Gasteiger partial charge in [-0.15, -0.1) is 0 Å². The third-order valence-electron chi connectivity index (χ3n) is 1.41. The van der Waals surface area contributed by atoms with E-state index in [1.54, 1.807) is 0 Å². The Labute approximate surface area is 87.2 Å². The van der Waals surface area contributed by atoms with Crippen molar-refractivity contribution >= 4 is 5.91 Å². The summed E-state index contributed by atoms with van der Waals surface area (Å²) in [6.45, 7) is 1.71. The third-order valence-corrected chi connectivity index (χ3v) is 1.41. The van der Waals surface area contributed by atoms with Crippen molar-refractivity contribution in [3.63, 3.8) is 0 Å². The smallest absolute Gasteiger partial charge is 0.232 e. The minimum absolute atomic E-state index is 0.113. The van der Waals surface area contributed by atoms with E-state index in [2.05, 4.69) is 27.1 Å². The highest BCUT2D eigenvalue weighted by Gasteiger charge is 1.91. The Kier molecular flexibility index (Phi) is 3.81. The Morgan fingerprint density at radius 1 is 1.53 bits per heavy atom. The molecule has 0 saturated heterocycles. The molecule has 0 aliphatic rings. The number of carbonyl (C=O) groups is 1. The number of aromatic nitrogens is 2. The van der Waals surface area contributed by atoms with Gasteiger partial charge >= 0.3 is 0 Å². The molecule has 0 bridgehead atoms. The van der Waals surface area contributed by atoms with E-state index in [1.165, 1.54) is 19.3 Å². The number of carbonyl (C=O) groups excluding carboxylic acids is 1. The summed E-state index contributed by atoms with van der Waals surface area (Å²) in [7, 11) is 0. The van der Waals surface area contributed by atoms with Crippen LogP contribution in [0, 0.1) is 23.2 Å². The minimum atomic E-state index is -0.125. The lowest BCUT2D eigenvalue weighted by molar-refractivity contribution is -0.118. The lowest BCUT2D eigenvalue weighted by Crippen LogP contribution is -2.19. The molecular formula is C10H8N4O. The summed E-state index contributed by atoms with van der Waals surface area (Å²) in [6, 6.07) is 1.81. The van der Waals surface area contributed by atoms with Crippen LogP contribution in [0.2, 0.25) is 0 Å². The third kappa shape index (κ3) is 3.88. The van der Waals surface area contributed by atoms with E-state index in [4.69, 9.17) is 5.26 Å². The Morgan fingerprint density at radius 3 is 2.73 bits per heavy atom. The van der Waals surface area contributed by atoms with Crippen LogP contribution >= 0.6 is 0 Å². The molecule has 5 heteroatoms. The monoisotopic (exact) mass is 200 g/mol. The first kappa shape index (κ1) is 10.7. The maximum atomic E-state index is 10.5. The van der Waals surface area contributed by atoms with Crippen LogP contribution in [0.25, 0.3) is 0 Å². The van der Waals surface area contributed by atoms with Crippen LogP contribution < -0.4 is 5.32 Å². The maximum Gasteiger partial charge on any atom is 0.232 e. The summed E-state index contributed by atoms with van der Waals surface area (Å²) in [5, 5.41) is 11.0. The largest absolute Gasteiger partial charge is 0.345 e. The van der Waals surface area contributed by atoms with Crippen molar-refractivity contribution in [1.29, 1.82) is 5.26 Å². The highest BCUT2D eigenvalue weighted by molar-refractivity contribution is 5.73. The maximum absolute atomic E-state index is 10.5. The van der Waals surface area contributed by atoms with Gasteiger partial charge in [0.15, 0.2) is 0 Å². The van der Waals surface area contributed by atoms with Crippen molar-refractivity contribution in [2.45, 2.75) is 6.92 Å². The van der Waals surface area contributed by atoms with Gasteiger partial charge in [0.2, 0.25) is 11.7 Å². The molecular weight excluding hydrogens is 192 g/mol. The average Bonchev–Trinajstić information content (AvgIpc) is 2.25. The van der Waals surface area contributed by atoms with E-state index >= 15 is 0 Å². The van der Waals surface area contributed by atoms with Crippen LogP contribution in [-0.4, -0.2) is 22.4 Å². The number of nitrogens with zero attached hydrogens (tertiary/aromatic N) is 3. The van der Waals surface area contributed by atoms with Crippen LogP contribution in [0.1, 0.15) is 18.3 Å². The first-order valence-electron chi connectivity index (χ1n) is 4.18. The van der Waals surface area contributed by atoms with Crippen molar-refractivity contribution in [2.75, 3.05) is 6.54 Å². The summed E-state index contributed by atoms with van der Waals surface area (Å²) >= 11 is 0. The van der Waals surface area contributed by atoms with E-state index in [9.17, 15) is 4.79 Å². The van der Waals surface area contributed by atoms with Crippen molar-refractivity contribution in [1.82, 2.24) is 15.3 Å². The lowest BCUT2D eigenvalue weighted by atomic mass is 10.3. The lowest BCUT2D eigenvalue weighted by Gasteiger charge is -1.91. The molecule has 0 fully saturated rings. The summed E-state index contributed by atoms with van der Waals surface area (Å²) in [6.07, 6.45) is 2.93. The van der Waals surface area contributed by atoms with Gasteiger partial charge in [-0.1, -0.05) is 11.8 Å². The molecule has 74 valence electrons. The minimum Gasteiger partial charge on any atom is -0.345 e. The van der Waals surface area contributed by atoms with Gasteiger partial charge in [-0.2, -0.15) is 5.26 Å². The average molecular weight is 200 g/mol. The predicted octanol–water partition coefficient (Wildman–Crippen LogP) is -0.164. The van der Waals surface area contributed by atoms with Gasteiger partial charge in [0, 0.05) is 19.3 Å². The Morgan fingerprint density at radius 2 is 2.20 bits per heavy atom. The molecule has 1 rings (SSSR count). The van der Waals surface area contributed by atoms with Gasteiger partial charge in [-0.05, 0) is 0 Å². The fourth-order valence-electron chi connectivity index (χ4n) is 0.765. The second-order valence-corrected chi connectivity index (χ2v) is 2.62. The molecule has 1 amide bonds. The second-order valence-electron chi connectivity index (χ2n) is 2.62. The zero-order valence-electron chi connectivity index (χ0n) is 8.11. The van der Waals surface area contributed by atoms with Gasteiger partial charge in [-0.25, -0.2) is 9.97 Å². The van der Waals surface area contributed by atoms with E-state index in [-0.39, 0.29) is 18.3 Å². The number of hydrogen-bond acceptors (Lipinski definition) is 4. The molecule has 5 nitrogen and oxygen atoms in total. The number of amides is 1. The van der Waals surface area contributed by atoms with Crippen LogP contribution in [0.15, 0.2) is 12.4 Å². The molecule has 15 heavy (non-hydrogen) atoms. The number of rotatable bonds is 1. The Bertz CT molecular complexity index is 447. The standard InChI is InChI=1S/C10H8N4O/c1-8(15)12-4-2-3-9-6-13-10(5-11)14-7-9/h6-7H,4H2,1H3,(H,12,15).